The average molecular weight is 582 g/mol. The van der Waals surface area contributed by atoms with Crippen LogP contribution in [0.3, 0.4) is 0 Å². The predicted octanol–water partition coefficient (Wildman–Crippen LogP) is 7.25. The Morgan fingerprint density at radius 3 is 2.12 bits per heavy atom. The van der Waals surface area contributed by atoms with Gasteiger partial charge in [-0.1, -0.05) is 72.8 Å². The van der Waals surface area contributed by atoms with Crippen LogP contribution < -0.4 is 9.47 Å². The average Bonchev–Trinajstić information content (AvgIpc) is 3.02. The van der Waals surface area contributed by atoms with Crippen molar-refractivity contribution in [3.8, 4) is 11.5 Å². The zero-order valence-corrected chi connectivity index (χ0v) is 24.5. The Hall–Kier alpha value is -4.62. The number of hydrogen-bond acceptors (Lipinski definition) is 5. The second-order valence-electron chi connectivity index (χ2n) is 10.4. The van der Waals surface area contributed by atoms with Crippen molar-refractivity contribution in [3.63, 3.8) is 0 Å². The molecule has 1 unspecified atom stereocenters. The van der Waals surface area contributed by atoms with Gasteiger partial charge in [-0.2, -0.15) is 0 Å². The Morgan fingerprint density at radius 2 is 1.44 bits per heavy atom. The van der Waals surface area contributed by atoms with Crippen LogP contribution in [-0.4, -0.2) is 46.7 Å². The first-order valence-electron chi connectivity index (χ1n) is 14.7. The summed E-state index contributed by atoms with van der Waals surface area (Å²) in [4.78, 5) is 24.6. The maximum absolute atomic E-state index is 11.3. The van der Waals surface area contributed by atoms with E-state index >= 15 is 0 Å². The number of aliphatic carboxylic acids is 1. The fourth-order valence-electron chi connectivity index (χ4n) is 4.99. The molecule has 7 nitrogen and oxygen atoms in total. The van der Waals surface area contributed by atoms with E-state index in [-0.39, 0.29) is 18.1 Å². The molecule has 7 heteroatoms. The molecule has 0 heterocycles. The minimum atomic E-state index is -0.951. The molecule has 0 radical (unpaired) electrons. The van der Waals surface area contributed by atoms with Crippen molar-refractivity contribution in [1.82, 2.24) is 4.90 Å². The first kappa shape index (κ1) is 31.3. The van der Waals surface area contributed by atoms with E-state index in [1.54, 1.807) is 12.1 Å². The molecule has 0 fully saturated rings. The number of rotatable bonds is 17. The largest absolute Gasteiger partial charge is 0.494 e. The molecule has 0 saturated carbocycles. The van der Waals surface area contributed by atoms with Crippen LogP contribution in [0.5, 0.6) is 11.5 Å². The van der Waals surface area contributed by atoms with Gasteiger partial charge in [0.05, 0.1) is 12.2 Å². The Morgan fingerprint density at radius 1 is 0.767 bits per heavy atom. The lowest BCUT2D eigenvalue weighted by molar-refractivity contribution is -0.137. The highest BCUT2D eigenvalue weighted by Crippen LogP contribution is 2.32. The van der Waals surface area contributed by atoms with Crippen molar-refractivity contribution in [2.45, 2.75) is 45.3 Å². The van der Waals surface area contributed by atoms with Crippen molar-refractivity contribution < 1.29 is 29.3 Å². The predicted molar refractivity (Wildman–Crippen MR) is 167 cm³/mol. The van der Waals surface area contributed by atoms with E-state index in [9.17, 15) is 14.7 Å². The van der Waals surface area contributed by atoms with Crippen LogP contribution in [0.2, 0.25) is 0 Å². The lowest BCUT2D eigenvalue weighted by atomic mass is 10.0. The third kappa shape index (κ3) is 9.72. The molecule has 0 aliphatic rings. The SMILES string of the molecule is CCOc1ccc(C(Oc2ccccc2CCN(CCCCC(=O)O)Cc2ccc(C(=O)O)cc2)c2ccccc2)cc1. The maximum Gasteiger partial charge on any atom is 0.335 e. The van der Waals surface area contributed by atoms with Gasteiger partial charge in [-0.3, -0.25) is 9.69 Å². The summed E-state index contributed by atoms with van der Waals surface area (Å²) >= 11 is 0. The van der Waals surface area contributed by atoms with E-state index in [1.807, 2.05) is 79.7 Å². The molecule has 0 aromatic heterocycles. The zero-order chi connectivity index (χ0) is 30.4. The molecular formula is C36H39NO6. The molecule has 4 aromatic rings. The summed E-state index contributed by atoms with van der Waals surface area (Å²) in [5.74, 6) is -0.114. The van der Waals surface area contributed by atoms with Crippen molar-refractivity contribution in [2.24, 2.45) is 0 Å². The number of ether oxygens (including phenoxy) is 2. The summed E-state index contributed by atoms with van der Waals surface area (Å²) in [6.07, 6.45) is 1.92. The lowest BCUT2D eigenvalue weighted by Gasteiger charge is -2.25. The lowest BCUT2D eigenvalue weighted by Crippen LogP contribution is -2.27. The summed E-state index contributed by atoms with van der Waals surface area (Å²) in [6, 6.07) is 33.2. The van der Waals surface area contributed by atoms with Gasteiger partial charge < -0.3 is 19.7 Å². The molecule has 1 atom stereocenters. The second kappa shape index (κ2) is 16.1. The number of carboxylic acids is 2. The van der Waals surface area contributed by atoms with Gasteiger partial charge in [0, 0.05) is 19.5 Å². The molecule has 2 N–H and O–H groups in total. The topological polar surface area (TPSA) is 96.3 Å². The Balaban J connectivity index is 1.51. The van der Waals surface area contributed by atoms with Crippen LogP contribution in [0.4, 0.5) is 0 Å². The third-order valence-electron chi connectivity index (χ3n) is 7.23. The Labute approximate surface area is 253 Å². The van der Waals surface area contributed by atoms with Crippen LogP contribution in [-0.2, 0) is 17.8 Å². The van der Waals surface area contributed by atoms with Crippen LogP contribution in [0.1, 0.15) is 64.9 Å². The van der Waals surface area contributed by atoms with E-state index in [4.69, 9.17) is 14.6 Å². The highest BCUT2D eigenvalue weighted by molar-refractivity contribution is 5.87. The molecule has 224 valence electrons. The number of aromatic carboxylic acids is 1. The van der Waals surface area contributed by atoms with Gasteiger partial charge in [0.2, 0.25) is 0 Å². The molecule has 4 rings (SSSR count). The number of unbranched alkanes of at least 4 members (excludes halogenated alkanes) is 1. The quantitative estimate of drug-likeness (QED) is 0.127. The van der Waals surface area contributed by atoms with Crippen molar-refractivity contribution in [1.29, 1.82) is 0 Å². The molecule has 0 bridgehead atoms. The van der Waals surface area contributed by atoms with Gasteiger partial charge in [-0.05, 0) is 85.3 Å². The van der Waals surface area contributed by atoms with E-state index in [1.165, 1.54) is 0 Å². The fraction of sp³-hybridized carbons (Fsp3) is 0.278. The van der Waals surface area contributed by atoms with Gasteiger partial charge in [0.25, 0.3) is 0 Å². The summed E-state index contributed by atoms with van der Waals surface area (Å²) in [7, 11) is 0. The normalized spacial score (nSPS) is 11.7. The van der Waals surface area contributed by atoms with Gasteiger partial charge in [-0.15, -0.1) is 0 Å². The molecule has 0 spiro atoms. The number of nitrogens with zero attached hydrogens (tertiary/aromatic N) is 1. The van der Waals surface area contributed by atoms with Crippen LogP contribution in [0, 0.1) is 0 Å². The van der Waals surface area contributed by atoms with Crippen LogP contribution in [0.25, 0.3) is 0 Å². The summed E-state index contributed by atoms with van der Waals surface area (Å²) in [5, 5.41) is 18.3. The first-order valence-corrected chi connectivity index (χ1v) is 14.7. The van der Waals surface area contributed by atoms with Gasteiger partial charge in [0.15, 0.2) is 0 Å². The zero-order valence-electron chi connectivity index (χ0n) is 24.5. The van der Waals surface area contributed by atoms with E-state index < -0.39 is 11.9 Å². The molecule has 43 heavy (non-hydrogen) atoms. The van der Waals surface area contributed by atoms with Gasteiger partial charge in [0.1, 0.15) is 17.6 Å². The highest BCUT2D eigenvalue weighted by atomic mass is 16.5. The van der Waals surface area contributed by atoms with Gasteiger partial charge >= 0.3 is 11.9 Å². The van der Waals surface area contributed by atoms with Crippen LogP contribution >= 0.6 is 0 Å². The minimum absolute atomic E-state index is 0.143. The van der Waals surface area contributed by atoms with Crippen LogP contribution in [0.15, 0.2) is 103 Å². The monoisotopic (exact) mass is 581 g/mol. The molecule has 0 saturated heterocycles. The fourth-order valence-corrected chi connectivity index (χ4v) is 4.99. The Kier molecular flexibility index (Phi) is 11.7. The molecular weight excluding hydrogens is 542 g/mol. The third-order valence-corrected chi connectivity index (χ3v) is 7.23. The number of benzene rings is 4. The summed E-state index contributed by atoms with van der Waals surface area (Å²) < 4.78 is 12.4. The smallest absolute Gasteiger partial charge is 0.335 e. The molecule has 0 aliphatic carbocycles. The number of hydrogen-bond donors (Lipinski definition) is 2. The number of para-hydroxylation sites is 1. The summed E-state index contributed by atoms with van der Waals surface area (Å²) in [6.45, 7) is 4.67. The second-order valence-corrected chi connectivity index (χ2v) is 10.4. The maximum atomic E-state index is 11.3. The molecule has 0 amide bonds. The van der Waals surface area contributed by atoms with E-state index in [0.29, 0.717) is 19.6 Å². The first-order chi connectivity index (χ1) is 20.9. The molecule has 0 aliphatic heterocycles. The van der Waals surface area contributed by atoms with Crippen molar-refractivity contribution in [3.05, 3.63) is 131 Å². The van der Waals surface area contributed by atoms with Crippen molar-refractivity contribution >= 4 is 11.9 Å². The van der Waals surface area contributed by atoms with E-state index in [2.05, 4.69) is 23.1 Å². The highest BCUT2D eigenvalue weighted by Gasteiger charge is 2.19. The van der Waals surface area contributed by atoms with E-state index in [0.717, 1.165) is 59.7 Å². The number of carbonyl (C=O) groups is 2. The Bertz CT molecular complexity index is 1440. The molecule has 4 aromatic carbocycles. The number of carboxylic acid groups (broad SMARTS) is 2. The standard InChI is InChI=1S/C36H39NO6/c1-2-42-32-21-19-30(20-22-32)35(29-11-4-3-5-12-29)43-33-13-7-6-10-28(33)23-25-37(24-9-8-14-34(38)39)26-27-15-17-31(18-16-27)36(40)41/h3-7,10-13,15-22,35H,2,8-9,14,23-26H2,1H3,(H,38,39)(H,40,41). The summed E-state index contributed by atoms with van der Waals surface area (Å²) in [5.41, 5.74) is 4.41. The van der Waals surface area contributed by atoms with Gasteiger partial charge in [-0.25, -0.2) is 4.79 Å². The van der Waals surface area contributed by atoms with Crippen molar-refractivity contribution in [2.75, 3.05) is 19.7 Å². The minimum Gasteiger partial charge on any atom is -0.494 e.